The number of hydrogen-bond acceptors (Lipinski definition) is 4. The van der Waals surface area contributed by atoms with E-state index < -0.39 is 0 Å². The van der Waals surface area contributed by atoms with Crippen molar-refractivity contribution in [3.05, 3.63) is 46.5 Å². The molecule has 2 aromatic rings. The van der Waals surface area contributed by atoms with Crippen LogP contribution in [0.3, 0.4) is 0 Å². The van der Waals surface area contributed by atoms with Crippen molar-refractivity contribution in [3.63, 3.8) is 0 Å². The molecule has 2 aromatic heterocycles. The molecule has 0 aromatic carbocycles. The molecule has 0 saturated heterocycles. The predicted octanol–water partition coefficient (Wildman–Crippen LogP) is 3.91. The number of nitrogens with zero attached hydrogens (tertiary/aromatic N) is 1. The summed E-state index contributed by atoms with van der Waals surface area (Å²) < 4.78 is 10.8. The molecule has 1 atom stereocenters. The number of guanidine groups is 1. The Kier molecular flexibility index (Phi) is 11.6. The summed E-state index contributed by atoms with van der Waals surface area (Å²) in [4.78, 5) is 5.69. The highest BCUT2D eigenvalue weighted by Gasteiger charge is 2.06. The van der Waals surface area contributed by atoms with Gasteiger partial charge in [-0.1, -0.05) is 13.0 Å². The average Bonchev–Trinajstić information content (AvgIpc) is 3.27. The molecule has 0 spiro atoms. The summed E-state index contributed by atoms with van der Waals surface area (Å²) in [5, 5.41) is 8.83. The van der Waals surface area contributed by atoms with Gasteiger partial charge in [-0.05, 0) is 42.3 Å². The van der Waals surface area contributed by atoms with Crippen molar-refractivity contribution in [2.45, 2.75) is 26.4 Å². The van der Waals surface area contributed by atoms with E-state index in [-0.39, 0.29) is 24.0 Å². The summed E-state index contributed by atoms with van der Waals surface area (Å²) in [6, 6.07) is 8.09. The maximum atomic E-state index is 5.56. The molecule has 0 amide bonds. The molecule has 140 valence electrons. The van der Waals surface area contributed by atoms with Crippen LogP contribution in [0.4, 0.5) is 0 Å². The zero-order valence-corrected chi connectivity index (χ0v) is 18.0. The van der Waals surface area contributed by atoms with Crippen molar-refractivity contribution in [2.75, 3.05) is 26.7 Å². The third-order valence-corrected chi connectivity index (χ3v) is 4.45. The molecule has 0 fully saturated rings. The van der Waals surface area contributed by atoms with E-state index in [0.29, 0.717) is 19.1 Å². The Balaban J connectivity index is 0.00000312. The molecule has 2 rings (SSSR count). The zero-order chi connectivity index (χ0) is 17.0. The van der Waals surface area contributed by atoms with Gasteiger partial charge in [0.05, 0.1) is 6.26 Å². The van der Waals surface area contributed by atoms with Gasteiger partial charge < -0.3 is 19.8 Å². The van der Waals surface area contributed by atoms with Crippen LogP contribution in [0.5, 0.6) is 0 Å². The van der Waals surface area contributed by atoms with Gasteiger partial charge in [0.25, 0.3) is 0 Å². The first kappa shape index (κ1) is 22.0. The number of nitrogens with one attached hydrogen (secondary N) is 2. The minimum Gasteiger partial charge on any atom is -0.467 e. The number of thiophene rings is 1. The van der Waals surface area contributed by atoms with E-state index in [1.807, 2.05) is 23.5 Å². The molecule has 0 aliphatic rings. The molecule has 0 aliphatic heterocycles. The number of rotatable bonds is 10. The summed E-state index contributed by atoms with van der Waals surface area (Å²) >= 11 is 1.82. The van der Waals surface area contributed by atoms with Crippen LogP contribution in [0.2, 0.25) is 0 Å². The minimum absolute atomic E-state index is 0. The summed E-state index contributed by atoms with van der Waals surface area (Å²) in [6.45, 7) is 5.21. The van der Waals surface area contributed by atoms with E-state index in [4.69, 9.17) is 9.15 Å². The molecule has 2 N–H and O–H groups in total. The van der Waals surface area contributed by atoms with Gasteiger partial charge in [-0.3, -0.25) is 4.99 Å². The minimum atomic E-state index is 0. The van der Waals surface area contributed by atoms with Crippen molar-refractivity contribution in [3.8, 4) is 0 Å². The fourth-order valence-electron chi connectivity index (χ4n) is 2.28. The van der Waals surface area contributed by atoms with Crippen LogP contribution in [0.1, 0.15) is 24.0 Å². The van der Waals surface area contributed by atoms with E-state index >= 15 is 0 Å². The maximum Gasteiger partial charge on any atom is 0.190 e. The van der Waals surface area contributed by atoms with E-state index in [9.17, 15) is 0 Å². The largest absolute Gasteiger partial charge is 0.467 e. The van der Waals surface area contributed by atoms with Crippen molar-refractivity contribution in [1.29, 1.82) is 0 Å². The van der Waals surface area contributed by atoms with Crippen LogP contribution in [0, 0.1) is 5.92 Å². The van der Waals surface area contributed by atoms with Gasteiger partial charge in [0.2, 0.25) is 0 Å². The lowest BCUT2D eigenvalue weighted by Gasteiger charge is -2.15. The number of ether oxygens (including phenoxy) is 1. The Bertz CT molecular complexity index is 573. The second kappa shape index (κ2) is 13.2. The standard InChI is InChI=1S/C18H27N3O2S.HI/c1-15(12-17-7-4-11-24-17)13-21-18(19-2)20-8-5-9-22-14-16-6-3-10-23-16;/h3-4,6-7,10-11,15H,5,8-9,12-14H2,1-2H3,(H2,19,20,21);1H. The van der Waals surface area contributed by atoms with Gasteiger partial charge >= 0.3 is 0 Å². The van der Waals surface area contributed by atoms with Gasteiger partial charge in [-0.2, -0.15) is 0 Å². The van der Waals surface area contributed by atoms with Crippen LogP contribution in [-0.4, -0.2) is 32.7 Å². The Morgan fingerprint density at radius 1 is 1.32 bits per heavy atom. The number of aliphatic imine (C=N–C) groups is 1. The predicted molar refractivity (Wildman–Crippen MR) is 115 cm³/mol. The van der Waals surface area contributed by atoms with E-state index in [0.717, 1.165) is 37.7 Å². The summed E-state index contributed by atoms with van der Waals surface area (Å²) in [5.41, 5.74) is 0. The Labute approximate surface area is 171 Å². The molecule has 1 unspecified atom stereocenters. The quantitative estimate of drug-likeness (QED) is 0.236. The maximum absolute atomic E-state index is 5.56. The monoisotopic (exact) mass is 477 g/mol. The van der Waals surface area contributed by atoms with E-state index in [1.54, 1.807) is 13.3 Å². The van der Waals surface area contributed by atoms with Gasteiger partial charge in [-0.25, -0.2) is 0 Å². The Morgan fingerprint density at radius 2 is 2.20 bits per heavy atom. The van der Waals surface area contributed by atoms with Gasteiger partial charge in [-0.15, -0.1) is 35.3 Å². The van der Waals surface area contributed by atoms with Crippen molar-refractivity contribution < 1.29 is 9.15 Å². The molecular formula is C18H28IN3O2S. The van der Waals surface area contributed by atoms with Crippen LogP contribution >= 0.6 is 35.3 Å². The van der Waals surface area contributed by atoms with Gasteiger partial charge in [0.15, 0.2) is 5.96 Å². The molecule has 7 heteroatoms. The number of hydrogen-bond donors (Lipinski definition) is 2. The lowest BCUT2D eigenvalue weighted by atomic mass is 10.1. The fraction of sp³-hybridized carbons (Fsp3) is 0.500. The van der Waals surface area contributed by atoms with Crippen LogP contribution in [0.15, 0.2) is 45.3 Å². The first-order valence-electron chi connectivity index (χ1n) is 8.35. The average molecular weight is 477 g/mol. The van der Waals surface area contributed by atoms with Crippen LogP contribution in [-0.2, 0) is 17.8 Å². The summed E-state index contributed by atoms with van der Waals surface area (Å²) in [5.74, 6) is 2.28. The molecule has 2 heterocycles. The number of halogens is 1. The second-order valence-electron chi connectivity index (χ2n) is 5.75. The third kappa shape index (κ3) is 9.27. The van der Waals surface area contributed by atoms with E-state index in [1.165, 1.54) is 4.88 Å². The summed E-state index contributed by atoms with van der Waals surface area (Å²) in [7, 11) is 1.80. The highest BCUT2D eigenvalue weighted by atomic mass is 127. The Morgan fingerprint density at radius 3 is 2.88 bits per heavy atom. The molecule has 0 radical (unpaired) electrons. The molecule has 25 heavy (non-hydrogen) atoms. The van der Waals surface area contributed by atoms with Crippen LogP contribution < -0.4 is 10.6 Å². The van der Waals surface area contributed by atoms with Crippen molar-refractivity contribution >= 4 is 41.3 Å². The van der Waals surface area contributed by atoms with Crippen LogP contribution in [0.25, 0.3) is 0 Å². The Hall–Kier alpha value is -1.06. The first-order chi connectivity index (χ1) is 11.8. The topological polar surface area (TPSA) is 58.8 Å². The second-order valence-corrected chi connectivity index (χ2v) is 6.79. The van der Waals surface area contributed by atoms with Crippen molar-refractivity contribution in [2.24, 2.45) is 10.9 Å². The fourth-order valence-corrected chi connectivity index (χ4v) is 3.15. The van der Waals surface area contributed by atoms with Gasteiger partial charge in [0, 0.05) is 31.6 Å². The first-order valence-corrected chi connectivity index (χ1v) is 9.23. The summed E-state index contributed by atoms with van der Waals surface area (Å²) in [6.07, 6.45) is 3.68. The SMILES string of the molecule is CN=C(NCCCOCc1ccco1)NCC(C)Cc1cccs1.I. The van der Waals surface area contributed by atoms with E-state index in [2.05, 4.69) is 40.1 Å². The third-order valence-electron chi connectivity index (χ3n) is 3.55. The molecule has 0 aliphatic carbocycles. The lowest BCUT2D eigenvalue weighted by molar-refractivity contribution is 0.105. The van der Waals surface area contributed by atoms with Crippen molar-refractivity contribution in [1.82, 2.24) is 10.6 Å². The number of furan rings is 1. The normalized spacial score (nSPS) is 12.5. The molecular weight excluding hydrogens is 449 g/mol. The molecule has 0 bridgehead atoms. The smallest absolute Gasteiger partial charge is 0.190 e. The highest BCUT2D eigenvalue weighted by molar-refractivity contribution is 14.0. The van der Waals surface area contributed by atoms with Gasteiger partial charge in [0.1, 0.15) is 12.4 Å². The lowest BCUT2D eigenvalue weighted by Crippen LogP contribution is -2.40. The highest BCUT2D eigenvalue weighted by Crippen LogP contribution is 2.13. The zero-order valence-electron chi connectivity index (χ0n) is 14.9. The molecule has 5 nitrogen and oxygen atoms in total. The molecule has 0 saturated carbocycles.